The average Bonchev–Trinajstić information content (AvgIpc) is 3.29. The predicted octanol–water partition coefficient (Wildman–Crippen LogP) is 5.32. The number of fused-ring (bicyclic) bond motifs is 3. The number of benzene rings is 2. The molecule has 0 amide bonds. The zero-order valence-corrected chi connectivity index (χ0v) is 16.1. The van der Waals surface area contributed by atoms with Gasteiger partial charge in [-0.2, -0.15) is 0 Å². The summed E-state index contributed by atoms with van der Waals surface area (Å²) in [5.74, 6) is 0. The zero-order valence-electron chi connectivity index (χ0n) is 16.1. The lowest BCUT2D eigenvalue weighted by Gasteiger charge is -2.39. The number of unbranched alkanes of at least 4 members (excludes halogenated alkanes) is 1. The van der Waals surface area contributed by atoms with Crippen molar-refractivity contribution in [2.75, 3.05) is 19.6 Å². The average molecular weight is 360 g/mol. The minimum absolute atomic E-state index is 0.00542. The Balaban J connectivity index is 1.09. The smallest absolute Gasteiger partial charge is 0.0963 e. The number of hydrogen-bond acceptors (Lipinski definition) is 2. The summed E-state index contributed by atoms with van der Waals surface area (Å²) >= 11 is 0. The summed E-state index contributed by atoms with van der Waals surface area (Å²) in [5.41, 5.74) is 7.43. The van der Waals surface area contributed by atoms with Crippen LogP contribution in [0.25, 0.3) is 5.57 Å². The molecule has 2 nitrogen and oxygen atoms in total. The Morgan fingerprint density at radius 3 is 2.56 bits per heavy atom. The van der Waals surface area contributed by atoms with Gasteiger partial charge in [0.25, 0.3) is 0 Å². The van der Waals surface area contributed by atoms with Gasteiger partial charge < -0.3 is 9.64 Å². The molecule has 27 heavy (non-hydrogen) atoms. The molecule has 2 aliphatic heterocycles. The molecule has 1 saturated heterocycles. The first-order valence-electron chi connectivity index (χ1n) is 10.6. The highest BCUT2D eigenvalue weighted by atomic mass is 16.5. The fourth-order valence-corrected chi connectivity index (χ4v) is 5.18. The van der Waals surface area contributed by atoms with Crippen LogP contribution in [0, 0.1) is 0 Å². The molecule has 0 aromatic heterocycles. The maximum Gasteiger partial charge on any atom is 0.0963 e. The third-order valence-corrected chi connectivity index (χ3v) is 6.78. The minimum atomic E-state index is 0.00542. The Morgan fingerprint density at radius 1 is 0.889 bits per heavy atom. The minimum Gasteiger partial charge on any atom is -0.365 e. The third-order valence-electron chi connectivity index (χ3n) is 6.78. The van der Waals surface area contributed by atoms with Gasteiger partial charge in [-0.05, 0) is 72.9 Å². The summed E-state index contributed by atoms with van der Waals surface area (Å²) < 4.78 is 6.29. The molecule has 0 unspecified atom stereocenters. The monoisotopic (exact) mass is 359 g/mol. The largest absolute Gasteiger partial charge is 0.365 e. The highest BCUT2D eigenvalue weighted by molar-refractivity contribution is 5.72. The van der Waals surface area contributed by atoms with Gasteiger partial charge in [-0.3, -0.25) is 0 Å². The molecular weight excluding hydrogens is 330 g/mol. The van der Waals surface area contributed by atoms with Crippen molar-refractivity contribution in [2.24, 2.45) is 0 Å². The van der Waals surface area contributed by atoms with Crippen molar-refractivity contribution in [3.05, 3.63) is 76.9 Å². The Hall–Kier alpha value is -1.90. The number of ether oxygens (including phenoxy) is 1. The molecule has 2 heterocycles. The van der Waals surface area contributed by atoms with Gasteiger partial charge >= 0.3 is 0 Å². The number of allylic oxidation sites excluding steroid dienone is 2. The molecule has 5 rings (SSSR count). The number of likely N-dealkylation sites (tertiary alicyclic amines) is 1. The fraction of sp³-hybridized carbons (Fsp3) is 0.440. The molecule has 2 aromatic carbocycles. The van der Waals surface area contributed by atoms with E-state index >= 15 is 0 Å². The molecule has 0 atom stereocenters. The molecule has 2 heteroatoms. The molecule has 3 aliphatic rings. The second-order valence-electron chi connectivity index (χ2n) is 8.33. The second-order valence-corrected chi connectivity index (χ2v) is 8.33. The lowest BCUT2D eigenvalue weighted by atomic mass is 9.84. The standard InChI is InChI=1S/C25H29NO/c1-3-10-23-20(7-1)12-13-21(23)8-5-6-16-26-17-14-25(15-18-26)24-11-4-2-9-22(24)19-27-25/h1-4,7,9-11,13H,5-6,8,12,14-19H2. The van der Waals surface area contributed by atoms with Crippen LogP contribution < -0.4 is 0 Å². The van der Waals surface area contributed by atoms with E-state index < -0.39 is 0 Å². The van der Waals surface area contributed by atoms with Crippen molar-refractivity contribution in [1.29, 1.82) is 0 Å². The molecule has 140 valence electrons. The van der Waals surface area contributed by atoms with Crippen molar-refractivity contribution >= 4 is 5.57 Å². The SMILES string of the molecule is C1=C(CCCCN2CCC3(CC2)OCc2ccccc23)c2ccccc2C1. The first-order valence-corrected chi connectivity index (χ1v) is 10.6. The molecule has 1 spiro atoms. The van der Waals surface area contributed by atoms with E-state index in [0.29, 0.717) is 0 Å². The van der Waals surface area contributed by atoms with Gasteiger partial charge in [-0.15, -0.1) is 0 Å². The van der Waals surface area contributed by atoms with Gasteiger partial charge in [0, 0.05) is 13.1 Å². The number of nitrogens with zero attached hydrogens (tertiary/aromatic N) is 1. The van der Waals surface area contributed by atoms with E-state index in [2.05, 4.69) is 59.5 Å². The Kier molecular flexibility index (Phi) is 4.63. The van der Waals surface area contributed by atoms with E-state index in [-0.39, 0.29) is 5.60 Å². The molecule has 0 radical (unpaired) electrons. The lowest BCUT2D eigenvalue weighted by molar-refractivity contribution is -0.0788. The van der Waals surface area contributed by atoms with E-state index in [1.807, 2.05) is 0 Å². The van der Waals surface area contributed by atoms with Crippen LogP contribution in [-0.4, -0.2) is 24.5 Å². The van der Waals surface area contributed by atoms with Gasteiger partial charge in [0.2, 0.25) is 0 Å². The normalized spacial score (nSPS) is 20.5. The fourth-order valence-electron chi connectivity index (χ4n) is 5.18. The summed E-state index contributed by atoms with van der Waals surface area (Å²) in [6.07, 6.45) is 9.66. The molecule has 1 aliphatic carbocycles. The van der Waals surface area contributed by atoms with Crippen LogP contribution in [0.4, 0.5) is 0 Å². The van der Waals surface area contributed by atoms with Crippen LogP contribution in [0.15, 0.2) is 54.6 Å². The van der Waals surface area contributed by atoms with Gasteiger partial charge in [0.15, 0.2) is 0 Å². The molecular formula is C25H29NO. The van der Waals surface area contributed by atoms with Crippen LogP contribution in [-0.2, 0) is 23.4 Å². The van der Waals surface area contributed by atoms with Gasteiger partial charge in [-0.25, -0.2) is 0 Å². The Bertz CT molecular complexity index is 845. The lowest BCUT2D eigenvalue weighted by Crippen LogP contribution is -2.42. The van der Waals surface area contributed by atoms with Crippen LogP contribution >= 0.6 is 0 Å². The molecule has 0 bridgehead atoms. The van der Waals surface area contributed by atoms with E-state index in [0.717, 1.165) is 25.9 Å². The molecule has 0 saturated carbocycles. The van der Waals surface area contributed by atoms with E-state index in [1.165, 1.54) is 61.2 Å². The van der Waals surface area contributed by atoms with Crippen molar-refractivity contribution < 1.29 is 4.74 Å². The van der Waals surface area contributed by atoms with Crippen molar-refractivity contribution in [1.82, 2.24) is 4.90 Å². The predicted molar refractivity (Wildman–Crippen MR) is 111 cm³/mol. The van der Waals surface area contributed by atoms with Crippen LogP contribution in [0.2, 0.25) is 0 Å². The highest BCUT2D eigenvalue weighted by Gasteiger charge is 2.42. The van der Waals surface area contributed by atoms with Gasteiger partial charge in [0.1, 0.15) is 0 Å². The summed E-state index contributed by atoms with van der Waals surface area (Å²) in [6, 6.07) is 17.7. The van der Waals surface area contributed by atoms with Crippen LogP contribution in [0.3, 0.4) is 0 Å². The van der Waals surface area contributed by atoms with E-state index in [9.17, 15) is 0 Å². The van der Waals surface area contributed by atoms with Crippen molar-refractivity contribution in [2.45, 2.75) is 50.7 Å². The highest BCUT2D eigenvalue weighted by Crippen LogP contribution is 2.44. The van der Waals surface area contributed by atoms with E-state index in [1.54, 1.807) is 5.57 Å². The van der Waals surface area contributed by atoms with Crippen LogP contribution in [0.5, 0.6) is 0 Å². The summed E-state index contributed by atoms with van der Waals surface area (Å²) in [4.78, 5) is 2.65. The second kappa shape index (κ2) is 7.26. The summed E-state index contributed by atoms with van der Waals surface area (Å²) in [6.45, 7) is 4.36. The number of piperidine rings is 1. The molecule has 2 aromatic rings. The third kappa shape index (κ3) is 3.26. The summed E-state index contributed by atoms with van der Waals surface area (Å²) in [5, 5.41) is 0. The van der Waals surface area contributed by atoms with E-state index in [4.69, 9.17) is 4.74 Å². The molecule has 1 fully saturated rings. The first kappa shape index (κ1) is 17.2. The van der Waals surface area contributed by atoms with Gasteiger partial charge in [-0.1, -0.05) is 54.6 Å². The van der Waals surface area contributed by atoms with Crippen molar-refractivity contribution in [3.8, 4) is 0 Å². The maximum absolute atomic E-state index is 6.29. The van der Waals surface area contributed by atoms with Crippen LogP contribution in [0.1, 0.15) is 54.4 Å². The summed E-state index contributed by atoms with van der Waals surface area (Å²) in [7, 11) is 0. The topological polar surface area (TPSA) is 12.5 Å². The number of rotatable bonds is 5. The molecule has 0 N–H and O–H groups in total. The zero-order chi connectivity index (χ0) is 18.1. The first-order chi connectivity index (χ1) is 13.3. The quantitative estimate of drug-likeness (QED) is 0.670. The Morgan fingerprint density at radius 2 is 1.67 bits per heavy atom. The maximum atomic E-state index is 6.29. The Labute approximate surface area is 162 Å². The van der Waals surface area contributed by atoms with Crippen molar-refractivity contribution in [3.63, 3.8) is 0 Å². The van der Waals surface area contributed by atoms with Gasteiger partial charge in [0.05, 0.1) is 12.2 Å². The number of hydrogen-bond donors (Lipinski definition) is 0.